The summed E-state index contributed by atoms with van der Waals surface area (Å²) in [6, 6.07) is 7.95. The molecule has 0 spiro atoms. The molecule has 1 aromatic carbocycles. The molecule has 2 heterocycles. The SMILES string of the molecule is FC(F)(F)CN1CCC(Nc2ccc(-n3ccnn3)cc2)CC1. The third kappa shape index (κ3) is 4.44. The van der Waals surface area contributed by atoms with E-state index in [0.717, 1.165) is 11.4 Å². The lowest BCUT2D eigenvalue weighted by molar-refractivity contribution is -0.147. The zero-order valence-electron chi connectivity index (χ0n) is 12.5. The normalized spacial score (nSPS) is 17.3. The van der Waals surface area contributed by atoms with Gasteiger partial charge in [-0.25, -0.2) is 4.68 Å². The minimum Gasteiger partial charge on any atom is -0.382 e. The Labute approximate surface area is 132 Å². The second-order valence-electron chi connectivity index (χ2n) is 5.70. The van der Waals surface area contributed by atoms with Crippen LogP contribution >= 0.6 is 0 Å². The Kier molecular flexibility index (Phi) is 4.51. The van der Waals surface area contributed by atoms with E-state index in [1.165, 1.54) is 4.90 Å². The summed E-state index contributed by atoms with van der Waals surface area (Å²) in [6.07, 6.45) is 0.680. The lowest BCUT2D eigenvalue weighted by Crippen LogP contribution is -2.43. The summed E-state index contributed by atoms with van der Waals surface area (Å²) in [5.74, 6) is 0. The molecule has 1 N–H and O–H groups in total. The van der Waals surface area contributed by atoms with Gasteiger partial charge in [0.25, 0.3) is 0 Å². The third-order valence-corrected chi connectivity index (χ3v) is 3.92. The molecule has 3 rings (SSSR count). The Bertz CT molecular complexity index is 601. The summed E-state index contributed by atoms with van der Waals surface area (Å²) >= 11 is 0. The molecule has 23 heavy (non-hydrogen) atoms. The average Bonchev–Trinajstić information content (AvgIpc) is 3.03. The molecule has 1 saturated heterocycles. The van der Waals surface area contributed by atoms with Crippen LogP contribution in [0.1, 0.15) is 12.8 Å². The number of halogens is 3. The molecule has 0 aliphatic carbocycles. The zero-order chi connectivity index (χ0) is 16.3. The highest BCUT2D eigenvalue weighted by atomic mass is 19.4. The van der Waals surface area contributed by atoms with Crippen LogP contribution in [0.2, 0.25) is 0 Å². The molecule has 0 amide bonds. The topological polar surface area (TPSA) is 46.0 Å². The Morgan fingerprint density at radius 3 is 2.39 bits per heavy atom. The van der Waals surface area contributed by atoms with Crippen LogP contribution in [0.3, 0.4) is 0 Å². The number of anilines is 1. The van der Waals surface area contributed by atoms with E-state index in [-0.39, 0.29) is 6.04 Å². The number of rotatable bonds is 4. The largest absolute Gasteiger partial charge is 0.401 e. The van der Waals surface area contributed by atoms with Crippen molar-refractivity contribution in [2.45, 2.75) is 25.1 Å². The number of piperidine rings is 1. The molecule has 0 atom stereocenters. The number of benzene rings is 1. The lowest BCUT2D eigenvalue weighted by atomic mass is 10.0. The zero-order valence-corrected chi connectivity index (χ0v) is 12.5. The van der Waals surface area contributed by atoms with E-state index >= 15 is 0 Å². The smallest absolute Gasteiger partial charge is 0.382 e. The van der Waals surface area contributed by atoms with Crippen LogP contribution in [-0.2, 0) is 0 Å². The van der Waals surface area contributed by atoms with Gasteiger partial charge in [-0.1, -0.05) is 5.21 Å². The maximum absolute atomic E-state index is 12.4. The maximum Gasteiger partial charge on any atom is 0.401 e. The summed E-state index contributed by atoms with van der Waals surface area (Å²) < 4.78 is 38.8. The molecular formula is C15H18F3N5. The van der Waals surface area contributed by atoms with Gasteiger partial charge in [-0.3, -0.25) is 4.90 Å². The van der Waals surface area contributed by atoms with Crippen molar-refractivity contribution >= 4 is 5.69 Å². The summed E-state index contributed by atoms with van der Waals surface area (Å²) in [6.45, 7) is 0.120. The van der Waals surface area contributed by atoms with Crippen molar-refractivity contribution in [1.82, 2.24) is 19.9 Å². The van der Waals surface area contributed by atoms with Crippen LogP contribution < -0.4 is 5.32 Å². The predicted molar refractivity (Wildman–Crippen MR) is 80.5 cm³/mol. The number of hydrogen-bond acceptors (Lipinski definition) is 4. The number of nitrogens with zero attached hydrogens (tertiary/aromatic N) is 4. The Balaban J connectivity index is 1.51. The highest BCUT2D eigenvalue weighted by Gasteiger charge is 2.32. The third-order valence-electron chi connectivity index (χ3n) is 3.92. The van der Waals surface area contributed by atoms with Gasteiger partial charge < -0.3 is 5.32 Å². The van der Waals surface area contributed by atoms with E-state index in [9.17, 15) is 13.2 Å². The molecule has 8 heteroatoms. The Morgan fingerprint density at radius 2 is 1.83 bits per heavy atom. The molecule has 0 bridgehead atoms. The van der Waals surface area contributed by atoms with E-state index in [2.05, 4.69) is 15.6 Å². The first-order valence-corrected chi connectivity index (χ1v) is 7.52. The summed E-state index contributed by atoms with van der Waals surface area (Å²) in [7, 11) is 0. The second kappa shape index (κ2) is 6.57. The number of alkyl halides is 3. The van der Waals surface area contributed by atoms with Crippen LogP contribution in [0, 0.1) is 0 Å². The van der Waals surface area contributed by atoms with E-state index < -0.39 is 12.7 Å². The molecule has 124 valence electrons. The van der Waals surface area contributed by atoms with Crippen molar-refractivity contribution in [3.8, 4) is 5.69 Å². The number of aromatic nitrogens is 3. The molecule has 1 fully saturated rings. The average molecular weight is 325 g/mol. The van der Waals surface area contributed by atoms with Gasteiger partial charge in [0.1, 0.15) is 0 Å². The predicted octanol–water partition coefficient (Wildman–Crippen LogP) is 2.71. The van der Waals surface area contributed by atoms with Crippen LogP contribution in [-0.4, -0.2) is 51.7 Å². The van der Waals surface area contributed by atoms with E-state index in [4.69, 9.17) is 0 Å². The summed E-state index contributed by atoms with van der Waals surface area (Å²) in [5.41, 5.74) is 1.87. The molecule has 0 saturated carbocycles. The van der Waals surface area contributed by atoms with Gasteiger partial charge >= 0.3 is 6.18 Å². The van der Waals surface area contributed by atoms with Gasteiger partial charge in [0.2, 0.25) is 0 Å². The summed E-state index contributed by atoms with van der Waals surface area (Å²) in [4.78, 5) is 1.46. The van der Waals surface area contributed by atoms with Gasteiger partial charge in [-0.05, 0) is 37.1 Å². The first kappa shape index (κ1) is 15.8. The molecule has 2 aromatic rings. The fraction of sp³-hybridized carbons (Fsp3) is 0.467. The maximum atomic E-state index is 12.4. The molecule has 1 aliphatic rings. The lowest BCUT2D eigenvalue weighted by Gasteiger charge is -2.33. The number of hydrogen-bond donors (Lipinski definition) is 1. The Morgan fingerprint density at radius 1 is 1.13 bits per heavy atom. The van der Waals surface area contributed by atoms with Gasteiger partial charge in [0.05, 0.1) is 24.6 Å². The van der Waals surface area contributed by atoms with Crippen molar-refractivity contribution in [2.24, 2.45) is 0 Å². The first-order valence-electron chi connectivity index (χ1n) is 7.52. The van der Waals surface area contributed by atoms with Crippen molar-refractivity contribution < 1.29 is 13.2 Å². The van der Waals surface area contributed by atoms with Gasteiger partial charge in [-0.15, -0.1) is 5.10 Å². The molecule has 5 nitrogen and oxygen atoms in total. The van der Waals surface area contributed by atoms with Crippen LogP contribution in [0.15, 0.2) is 36.7 Å². The molecular weight excluding hydrogens is 307 g/mol. The van der Waals surface area contributed by atoms with Crippen LogP contribution in [0.25, 0.3) is 5.69 Å². The van der Waals surface area contributed by atoms with E-state index in [1.54, 1.807) is 17.1 Å². The van der Waals surface area contributed by atoms with Gasteiger partial charge in [0.15, 0.2) is 0 Å². The minimum absolute atomic E-state index is 0.205. The highest BCUT2D eigenvalue weighted by Crippen LogP contribution is 2.22. The quantitative estimate of drug-likeness (QED) is 0.939. The van der Waals surface area contributed by atoms with Crippen molar-refractivity contribution in [1.29, 1.82) is 0 Å². The monoisotopic (exact) mass is 325 g/mol. The number of likely N-dealkylation sites (tertiary alicyclic amines) is 1. The highest BCUT2D eigenvalue weighted by molar-refractivity contribution is 5.49. The molecule has 0 radical (unpaired) electrons. The van der Waals surface area contributed by atoms with Crippen molar-refractivity contribution in [2.75, 3.05) is 25.0 Å². The van der Waals surface area contributed by atoms with Crippen molar-refractivity contribution in [3.63, 3.8) is 0 Å². The first-order chi connectivity index (χ1) is 11.0. The van der Waals surface area contributed by atoms with Gasteiger partial charge in [0, 0.05) is 24.8 Å². The number of nitrogens with one attached hydrogen (secondary N) is 1. The minimum atomic E-state index is -4.11. The fourth-order valence-electron chi connectivity index (χ4n) is 2.78. The van der Waals surface area contributed by atoms with Crippen molar-refractivity contribution in [3.05, 3.63) is 36.7 Å². The summed E-state index contributed by atoms with van der Waals surface area (Å²) in [5, 5.41) is 11.1. The standard InChI is InChI=1S/C15H18F3N5/c16-15(17,18)11-22-8-5-13(6-9-22)20-12-1-3-14(4-2-12)23-10-7-19-21-23/h1-4,7,10,13,20H,5-6,8-9,11H2. The van der Waals surface area contributed by atoms with Crippen LogP contribution in [0.5, 0.6) is 0 Å². The molecule has 1 aliphatic heterocycles. The fourth-order valence-corrected chi connectivity index (χ4v) is 2.78. The van der Waals surface area contributed by atoms with E-state index in [1.807, 2.05) is 24.3 Å². The molecule has 0 unspecified atom stereocenters. The Hall–Kier alpha value is -2.09. The van der Waals surface area contributed by atoms with Crippen LogP contribution in [0.4, 0.5) is 18.9 Å². The van der Waals surface area contributed by atoms with Gasteiger partial charge in [-0.2, -0.15) is 13.2 Å². The second-order valence-corrected chi connectivity index (χ2v) is 5.70. The molecule has 1 aromatic heterocycles. The van der Waals surface area contributed by atoms with E-state index in [0.29, 0.717) is 25.9 Å².